The van der Waals surface area contributed by atoms with Crippen LogP contribution in [0.15, 0.2) is 17.0 Å². The molecule has 5 nitrogen and oxygen atoms in total. The van der Waals surface area contributed by atoms with Crippen LogP contribution in [0, 0.1) is 11.6 Å². The molecule has 0 saturated heterocycles. The number of carbonyl (C=O) groups is 1. The predicted octanol–water partition coefficient (Wildman–Crippen LogP) is 2.00. The standard InChI is InChI=1S/C12H14ClF2NO4S/c1-3-20-5-4-16(2)12(17)8-6-9(14)10(15)7-11(8)21(13,18)19/h6-7H,3-5H2,1-2H3. The van der Waals surface area contributed by atoms with Gasteiger partial charge in [0.05, 0.1) is 17.1 Å². The topological polar surface area (TPSA) is 63.7 Å². The number of rotatable bonds is 6. The second-order valence-corrected chi connectivity index (χ2v) is 6.66. The maximum absolute atomic E-state index is 13.3. The Labute approximate surface area is 125 Å². The fraction of sp³-hybridized carbons (Fsp3) is 0.417. The molecule has 21 heavy (non-hydrogen) atoms. The van der Waals surface area contributed by atoms with E-state index in [9.17, 15) is 22.0 Å². The highest BCUT2D eigenvalue weighted by Gasteiger charge is 2.25. The molecule has 0 aromatic heterocycles. The van der Waals surface area contributed by atoms with E-state index in [0.29, 0.717) is 18.7 Å². The van der Waals surface area contributed by atoms with Gasteiger partial charge in [0.25, 0.3) is 15.0 Å². The second kappa shape index (κ2) is 7.15. The quantitative estimate of drug-likeness (QED) is 0.586. The highest BCUT2D eigenvalue weighted by atomic mass is 35.7. The lowest BCUT2D eigenvalue weighted by Crippen LogP contribution is -2.31. The summed E-state index contributed by atoms with van der Waals surface area (Å²) in [6.07, 6.45) is 0. The van der Waals surface area contributed by atoms with Crippen LogP contribution in [0.5, 0.6) is 0 Å². The van der Waals surface area contributed by atoms with E-state index in [-0.39, 0.29) is 13.2 Å². The van der Waals surface area contributed by atoms with E-state index in [2.05, 4.69) is 0 Å². The first-order valence-electron chi connectivity index (χ1n) is 5.95. The summed E-state index contributed by atoms with van der Waals surface area (Å²) in [6.45, 7) is 2.61. The molecule has 9 heteroatoms. The molecule has 0 aliphatic heterocycles. The first-order chi connectivity index (χ1) is 9.68. The van der Waals surface area contributed by atoms with Gasteiger partial charge in [-0.1, -0.05) is 0 Å². The third-order valence-corrected chi connectivity index (χ3v) is 4.00. The molecular formula is C12H14ClF2NO4S. The maximum Gasteiger partial charge on any atom is 0.262 e. The third kappa shape index (κ3) is 4.62. The minimum Gasteiger partial charge on any atom is -0.380 e. The van der Waals surface area contributed by atoms with Crippen LogP contribution < -0.4 is 0 Å². The number of hydrogen-bond donors (Lipinski definition) is 0. The van der Waals surface area contributed by atoms with Crippen molar-refractivity contribution in [3.05, 3.63) is 29.3 Å². The Morgan fingerprint density at radius 1 is 1.33 bits per heavy atom. The molecule has 0 aliphatic rings. The molecule has 118 valence electrons. The molecule has 0 N–H and O–H groups in total. The van der Waals surface area contributed by atoms with Crippen molar-refractivity contribution in [2.45, 2.75) is 11.8 Å². The molecule has 0 spiro atoms. The van der Waals surface area contributed by atoms with E-state index in [4.69, 9.17) is 15.4 Å². The molecule has 0 bridgehead atoms. The Bertz CT molecular complexity index is 636. The molecule has 0 radical (unpaired) electrons. The van der Waals surface area contributed by atoms with Crippen molar-refractivity contribution < 1.29 is 26.7 Å². The van der Waals surface area contributed by atoms with Crippen molar-refractivity contribution in [3.63, 3.8) is 0 Å². The largest absolute Gasteiger partial charge is 0.380 e. The Morgan fingerprint density at radius 2 is 1.90 bits per heavy atom. The number of benzene rings is 1. The first kappa shape index (κ1) is 17.8. The van der Waals surface area contributed by atoms with Gasteiger partial charge < -0.3 is 9.64 Å². The molecule has 1 amide bonds. The molecule has 0 saturated carbocycles. The third-order valence-electron chi connectivity index (χ3n) is 2.64. The summed E-state index contributed by atoms with van der Waals surface area (Å²) >= 11 is 0. The molecule has 1 rings (SSSR count). The zero-order chi connectivity index (χ0) is 16.2. The van der Waals surface area contributed by atoms with E-state index >= 15 is 0 Å². The number of carbonyl (C=O) groups excluding carboxylic acids is 1. The predicted molar refractivity (Wildman–Crippen MR) is 72.9 cm³/mol. The van der Waals surface area contributed by atoms with E-state index in [1.807, 2.05) is 0 Å². The zero-order valence-corrected chi connectivity index (χ0v) is 13.0. The lowest BCUT2D eigenvalue weighted by molar-refractivity contribution is 0.0706. The maximum atomic E-state index is 13.3. The Morgan fingerprint density at radius 3 is 2.43 bits per heavy atom. The summed E-state index contributed by atoms with van der Waals surface area (Å²) in [4.78, 5) is 12.5. The molecular weight excluding hydrogens is 328 g/mol. The van der Waals surface area contributed by atoms with Gasteiger partial charge >= 0.3 is 0 Å². The van der Waals surface area contributed by atoms with Crippen LogP contribution in [-0.2, 0) is 13.8 Å². The summed E-state index contributed by atoms with van der Waals surface area (Å²) in [5, 5.41) is 0. The number of likely N-dealkylation sites (N-methyl/N-ethyl adjacent to an activating group) is 1. The van der Waals surface area contributed by atoms with Crippen molar-refractivity contribution in [2.75, 3.05) is 26.8 Å². The molecule has 0 fully saturated rings. The fourth-order valence-electron chi connectivity index (χ4n) is 1.55. The minimum atomic E-state index is -4.39. The Hall–Kier alpha value is -1.25. The Balaban J connectivity index is 3.17. The second-order valence-electron chi connectivity index (χ2n) is 4.12. The summed E-state index contributed by atoms with van der Waals surface area (Å²) in [5.41, 5.74) is -0.525. The van der Waals surface area contributed by atoms with Crippen molar-refractivity contribution in [1.29, 1.82) is 0 Å². The van der Waals surface area contributed by atoms with Gasteiger partial charge in [0.2, 0.25) is 0 Å². The number of nitrogens with zero attached hydrogens (tertiary/aromatic N) is 1. The minimum absolute atomic E-state index is 0.160. The van der Waals surface area contributed by atoms with E-state index in [0.717, 1.165) is 4.90 Å². The SMILES string of the molecule is CCOCCN(C)C(=O)c1cc(F)c(F)cc1S(=O)(=O)Cl. The van der Waals surface area contributed by atoms with Crippen LogP contribution >= 0.6 is 10.7 Å². The Kier molecular flexibility index (Phi) is 6.06. The van der Waals surface area contributed by atoms with Crippen molar-refractivity contribution in [3.8, 4) is 0 Å². The smallest absolute Gasteiger partial charge is 0.262 e. The van der Waals surface area contributed by atoms with Crippen LogP contribution in [0.2, 0.25) is 0 Å². The summed E-state index contributed by atoms with van der Waals surface area (Å²) < 4.78 is 54.3. The van der Waals surface area contributed by atoms with Crippen LogP contribution in [0.3, 0.4) is 0 Å². The highest BCUT2D eigenvalue weighted by Crippen LogP contribution is 2.24. The molecule has 0 heterocycles. The molecule has 0 aliphatic carbocycles. The monoisotopic (exact) mass is 341 g/mol. The van der Waals surface area contributed by atoms with Crippen molar-refractivity contribution in [1.82, 2.24) is 4.90 Å². The number of amides is 1. The van der Waals surface area contributed by atoms with Gasteiger partial charge in [-0.25, -0.2) is 17.2 Å². The van der Waals surface area contributed by atoms with E-state index < -0.39 is 37.1 Å². The van der Waals surface area contributed by atoms with Crippen molar-refractivity contribution in [2.24, 2.45) is 0 Å². The normalized spacial score (nSPS) is 11.5. The van der Waals surface area contributed by atoms with Gasteiger partial charge in [-0.2, -0.15) is 0 Å². The fourth-order valence-corrected chi connectivity index (χ4v) is 2.59. The highest BCUT2D eigenvalue weighted by molar-refractivity contribution is 8.13. The number of halogens is 3. The molecule has 0 atom stereocenters. The van der Waals surface area contributed by atoms with Gasteiger partial charge in [-0.3, -0.25) is 4.79 Å². The summed E-state index contributed by atoms with van der Waals surface area (Å²) in [5.74, 6) is -3.53. The van der Waals surface area contributed by atoms with Gasteiger partial charge in [-0.15, -0.1) is 0 Å². The first-order valence-corrected chi connectivity index (χ1v) is 8.26. The summed E-state index contributed by atoms with van der Waals surface area (Å²) in [6, 6.07) is 0.908. The van der Waals surface area contributed by atoms with E-state index in [1.165, 1.54) is 7.05 Å². The van der Waals surface area contributed by atoms with Gasteiger partial charge in [0, 0.05) is 30.9 Å². The van der Waals surface area contributed by atoms with Gasteiger partial charge in [-0.05, 0) is 19.1 Å². The van der Waals surface area contributed by atoms with Crippen LogP contribution in [-0.4, -0.2) is 46.0 Å². The number of ether oxygens (including phenoxy) is 1. The van der Waals surface area contributed by atoms with Crippen molar-refractivity contribution >= 4 is 25.6 Å². The molecule has 0 unspecified atom stereocenters. The lowest BCUT2D eigenvalue weighted by atomic mass is 10.2. The van der Waals surface area contributed by atoms with Crippen LogP contribution in [0.25, 0.3) is 0 Å². The molecule has 1 aromatic carbocycles. The van der Waals surface area contributed by atoms with Gasteiger partial charge in [0.1, 0.15) is 0 Å². The average molecular weight is 342 g/mol. The summed E-state index contributed by atoms with van der Waals surface area (Å²) in [7, 11) is 2.14. The lowest BCUT2D eigenvalue weighted by Gasteiger charge is -2.18. The van der Waals surface area contributed by atoms with Crippen LogP contribution in [0.1, 0.15) is 17.3 Å². The van der Waals surface area contributed by atoms with E-state index in [1.54, 1.807) is 6.92 Å². The van der Waals surface area contributed by atoms with Gasteiger partial charge in [0.15, 0.2) is 11.6 Å². The van der Waals surface area contributed by atoms with Crippen LogP contribution in [0.4, 0.5) is 8.78 Å². The zero-order valence-electron chi connectivity index (χ0n) is 11.4. The average Bonchev–Trinajstić information content (AvgIpc) is 2.39. The number of hydrogen-bond acceptors (Lipinski definition) is 4. The molecule has 1 aromatic rings.